The van der Waals surface area contributed by atoms with Crippen LogP contribution in [0.15, 0.2) is 54.6 Å². The van der Waals surface area contributed by atoms with Crippen LogP contribution in [0.2, 0.25) is 5.02 Å². The van der Waals surface area contributed by atoms with E-state index in [0.29, 0.717) is 37.5 Å². The number of benzene rings is 2. The lowest BCUT2D eigenvalue weighted by Gasteiger charge is -2.20. The van der Waals surface area contributed by atoms with Crippen LogP contribution in [0, 0.1) is 0 Å². The molecule has 0 radical (unpaired) electrons. The van der Waals surface area contributed by atoms with Gasteiger partial charge in [-0.3, -0.25) is 9.59 Å². The molecule has 0 spiro atoms. The van der Waals surface area contributed by atoms with Crippen LogP contribution >= 0.6 is 24.2 Å². The number of halogens is 1. The van der Waals surface area contributed by atoms with Gasteiger partial charge in [0, 0.05) is 31.1 Å². The third-order valence-electron chi connectivity index (χ3n) is 3.97. The Morgan fingerprint density at radius 2 is 1.69 bits per heavy atom. The molecule has 0 fully saturated rings. The van der Waals surface area contributed by atoms with E-state index in [-0.39, 0.29) is 11.1 Å². The van der Waals surface area contributed by atoms with Crippen LogP contribution in [-0.2, 0) is 17.8 Å². The number of hydrogen-bond donors (Lipinski definition) is 2. The van der Waals surface area contributed by atoms with Gasteiger partial charge in [0.2, 0.25) is 5.91 Å². The van der Waals surface area contributed by atoms with Gasteiger partial charge in [0.25, 0.3) is 5.24 Å². The van der Waals surface area contributed by atoms with E-state index >= 15 is 0 Å². The van der Waals surface area contributed by atoms with Crippen molar-refractivity contribution in [1.82, 2.24) is 10.2 Å². The molecule has 0 atom stereocenters. The fraction of sp³-hybridized carbons (Fsp3) is 0.300. The lowest BCUT2D eigenvalue weighted by molar-refractivity contribution is -0.121. The fourth-order valence-corrected chi connectivity index (χ4v) is 2.86. The molecule has 138 valence electrons. The third kappa shape index (κ3) is 7.50. The molecule has 0 aliphatic heterocycles. The molecule has 2 rings (SSSR count). The maximum Gasteiger partial charge on any atom is 0.278 e. The number of nitrogens with one attached hydrogen (secondary N) is 1. The van der Waals surface area contributed by atoms with Crippen LogP contribution in [0.4, 0.5) is 4.79 Å². The zero-order valence-electron chi connectivity index (χ0n) is 14.5. The average molecular weight is 391 g/mol. The largest absolute Gasteiger partial charge is 0.356 e. The van der Waals surface area contributed by atoms with Crippen LogP contribution in [0.25, 0.3) is 0 Å². The third-order valence-corrected chi connectivity index (χ3v) is 4.50. The van der Waals surface area contributed by atoms with Gasteiger partial charge in [0.1, 0.15) is 0 Å². The number of thiol groups is 1. The Morgan fingerprint density at radius 3 is 2.35 bits per heavy atom. The van der Waals surface area contributed by atoms with Crippen molar-refractivity contribution in [2.45, 2.75) is 25.8 Å². The van der Waals surface area contributed by atoms with E-state index < -0.39 is 0 Å². The summed E-state index contributed by atoms with van der Waals surface area (Å²) in [5.74, 6) is -0.000938. The normalized spacial score (nSPS) is 10.4. The van der Waals surface area contributed by atoms with Crippen molar-refractivity contribution in [2.75, 3.05) is 13.1 Å². The van der Waals surface area contributed by atoms with Crippen molar-refractivity contribution in [1.29, 1.82) is 0 Å². The van der Waals surface area contributed by atoms with Crippen LogP contribution in [0.1, 0.15) is 24.0 Å². The summed E-state index contributed by atoms with van der Waals surface area (Å²) in [6, 6.07) is 17.4. The molecule has 0 aliphatic carbocycles. The molecule has 0 saturated carbocycles. The highest BCUT2D eigenvalue weighted by Gasteiger charge is 2.11. The Balaban J connectivity index is 1.69. The molecule has 0 heterocycles. The van der Waals surface area contributed by atoms with Gasteiger partial charge in [0.15, 0.2) is 0 Å². The van der Waals surface area contributed by atoms with Crippen LogP contribution in [0.3, 0.4) is 0 Å². The molecule has 6 heteroatoms. The zero-order valence-corrected chi connectivity index (χ0v) is 16.2. The second-order valence-corrected chi connectivity index (χ2v) is 6.84. The molecule has 1 N–H and O–H groups in total. The lowest BCUT2D eigenvalue weighted by atomic mass is 10.1. The highest BCUT2D eigenvalue weighted by atomic mass is 35.5. The predicted molar refractivity (Wildman–Crippen MR) is 109 cm³/mol. The highest BCUT2D eigenvalue weighted by Crippen LogP contribution is 2.13. The van der Waals surface area contributed by atoms with Crippen molar-refractivity contribution in [2.24, 2.45) is 0 Å². The summed E-state index contributed by atoms with van der Waals surface area (Å²) in [6.45, 7) is 1.55. The minimum atomic E-state index is -0.301. The van der Waals surface area contributed by atoms with E-state index in [1.165, 1.54) is 5.56 Å². The summed E-state index contributed by atoms with van der Waals surface area (Å²) in [6.07, 6.45) is 1.79. The number of hydrogen-bond acceptors (Lipinski definition) is 2. The molecule has 26 heavy (non-hydrogen) atoms. The van der Waals surface area contributed by atoms with Gasteiger partial charge in [-0.05, 0) is 36.1 Å². The van der Waals surface area contributed by atoms with Crippen molar-refractivity contribution in [3.8, 4) is 0 Å². The summed E-state index contributed by atoms with van der Waals surface area (Å²) in [5, 5.41) is 3.27. The molecule has 2 aromatic rings. The summed E-state index contributed by atoms with van der Waals surface area (Å²) in [4.78, 5) is 25.2. The smallest absolute Gasteiger partial charge is 0.278 e. The van der Waals surface area contributed by atoms with Gasteiger partial charge in [-0.15, -0.1) is 0 Å². The summed E-state index contributed by atoms with van der Waals surface area (Å²) >= 11 is 9.80. The number of rotatable bonds is 9. The van der Waals surface area contributed by atoms with Crippen LogP contribution in [0.5, 0.6) is 0 Å². The summed E-state index contributed by atoms with van der Waals surface area (Å²) in [7, 11) is 0. The maximum atomic E-state index is 11.9. The average Bonchev–Trinajstić information content (AvgIpc) is 2.63. The predicted octanol–water partition coefficient (Wildman–Crippen LogP) is 4.33. The minimum absolute atomic E-state index is 0.000938. The molecular formula is C20H23ClN2O2S. The first-order chi connectivity index (χ1) is 12.5. The second-order valence-electron chi connectivity index (χ2n) is 6.02. The lowest BCUT2D eigenvalue weighted by Crippen LogP contribution is -2.29. The number of carbonyl (C=O) groups is 2. The molecule has 0 aliphatic rings. The van der Waals surface area contributed by atoms with Gasteiger partial charge >= 0.3 is 0 Å². The minimum Gasteiger partial charge on any atom is -0.356 e. The van der Waals surface area contributed by atoms with E-state index in [1.807, 2.05) is 42.5 Å². The van der Waals surface area contributed by atoms with E-state index in [4.69, 9.17) is 11.6 Å². The Morgan fingerprint density at radius 1 is 1.00 bits per heavy atom. The number of amides is 2. The van der Waals surface area contributed by atoms with Crippen molar-refractivity contribution in [3.05, 3.63) is 70.7 Å². The van der Waals surface area contributed by atoms with Gasteiger partial charge in [-0.1, -0.05) is 66.7 Å². The fourth-order valence-electron chi connectivity index (χ4n) is 2.56. The van der Waals surface area contributed by atoms with Gasteiger partial charge in [-0.2, -0.15) is 0 Å². The Hall–Kier alpha value is -1.98. The Labute approximate surface area is 164 Å². The van der Waals surface area contributed by atoms with Gasteiger partial charge in [-0.25, -0.2) is 0 Å². The number of carbonyl (C=O) groups excluding carboxylic acids is 2. The Kier molecular flexibility index (Phi) is 8.51. The molecular weight excluding hydrogens is 368 g/mol. The molecule has 4 nitrogen and oxygen atoms in total. The molecule has 2 amide bonds. The van der Waals surface area contributed by atoms with Gasteiger partial charge < -0.3 is 10.2 Å². The van der Waals surface area contributed by atoms with E-state index in [9.17, 15) is 9.59 Å². The first-order valence-electron chi connectivity index (χ1n) is 8.57. The van der Waals surface area contributed by atoms with Crippen molar-refractivity contribution >= 4 is 35.4 Å². The van der Waals surface area contributed by atoms with Crippen molar-refractivity contribution < 1.29 is 9.59 Å². The Bertz CT molecular complexity index is 708. The van der Waals surface area contributed by atoms with E-state index in [0.717, 1.165) is 12.0 Å². The van der Waals surface area contributed by atoms with Crippen LogP contribution in [-0.4, -0.2) is 29.1 Å². The molecule has 0 aromatic heterocycles. The first-order valence-corrected chi connectivity index (χ1v) is 9.40. The SMILES string of the molecule is O=C(CCCN(Cc1ccc(Cl)cc1)C(=O)S)NCCc1ccccc1. The summed E-state index contributed by atoms with van der Waals surface area (Å²) < 4.78 is 0. The van der Waals surface area contributed by atoms with E-state index in [2.05, 4.69) is 17.9 Å². The standard InChI is InChI=1S/C20H23ClN2O2S/c21-18-10-8-17(9-11-18)15-23(20(25)26)14-4-7-19(24)22-13-12-16-5-2-1-3-6-16/h1-3,5-6,8-11H,4,7,12-15H2,(H,22,24)(H,25,26). The molecule has 2 aromatic carbocycles. The van der Waals surface area contributed by atoms with Crippen molar-refractivity contribution in [3.63, 3.8) is 0 Å². The topological polar surface area (TPSA) is 49.4 Å². The molecule has 0 bridgehead atoms. The van der Waals surface area contributed by atoms with Gasteiger partial charge in [0.05, 0.1) is 0 Å². The number of nitrogens with zero attached hydrogens (tertiary/aromatic N) is 1. The van der Waals surface area contributed by atoms with Crippen LogP contribution < -0.4 is 5.32 Å². The molecule has 0 saturated heterocycles. The van der Waals surface area contributed by atoms with E-state index in [1.54, 1.807) is 17.0 Å². The maximum absolute atomic E-state index is 11.9. The summed E-state index contributed by atoms with van der Waals surface area (Å²) in [5.41, 5.74) is 2.17. The highest BCUT2D eigenvalue weighted by molar-refractivity contribution is 7.96. The molecule has 0 unspecified atom stereocenters. The zero-order chi connectivity index (χ0) is 18.8. The quantitative estimate of drug-likeness (QED) is 0.626. The monoisotopic (exact) mass is 390 g/mol. The second kappa shape index (κ2) is 10.9. The first kappa shape index (κ1) is 20.3.